The van der Waals surface area contributed by atoms with Crippen LogP contribution < -0.4 is 14.2 Å². The fourth-order valence-corrected chi connectivity index (χ4v) is 3.74. The zero-order chi connectivity index (χ0) is 20.1. The molecule has 1 saturated heterocycles. The second-order valence-electron chi connectivity index (χ2n) is 6.63. The summed E-state index contributed by atoms with van der Waals surface area (Å²) in [6, 6.07) is 11.3. The smallest absolute Gasteiger partial charge is 0.254 e. The molecule has 0 spiro atoms. The van der Waals surface area contributed by atoms with Gasteiger partial charge in [-0.05, 0) is 30.3 Å². The van der Waals surface area contributed by atoms with Crippen LogP contribution in [0.1, 0.15) is 15.9 Å². The van der Waals surface area contributed by atoms with Crippen molar-refractivity contribution >= 4 is 21.8 Å². The van der Waals surface area contributed by atoms with Crippen molar-refractivity contribution in [1.29, 1.82) is 0 Å². The predicted octanol–water partition coefficient (Wildman–Crippen LogP) is 3.43. The number of amides is 1. The van der Waals surface area contributed by atoms with E-state index >= 15 is 0 Å². The first-order chi connectivity index (χ1) is 13.5. The lowest BCUT2D eigenvalue weighted by Gasteiger charge is -2.35. The van der Waals surface area contributed by atoms with E-state index in [1.807, 2.05) is 17.0 Å². The Morgan fingerprint density at radius 2 is 1.57 bits per heavy atom. The van der Waals surface area contributed by atoms with E-state index in [4.69, 9.17) is 14.2 Å². The minimum absolute atomic E-state index is 0.00288. The molecule has 0 unspecified atom stereocenters. The van der Waals surface area contributed by atoms with Gasteiger partial charge in [0.2, 0.25) is 0 Å². The van der Waals surface area contributed by atoms with Crippen molar-refractivity contribution in [3.63, 3.8) is 0 Å². The lowest BCUT2D eigenvalue weighted by Crippen LogP contribution is -2.48. The summed E-state index contributed by atoms with van der Waals surface area (Å²) in [5, 5.41) is 0. The fourth-order valence-electron chi connectivity index (χ4n) is 3.33. The molecule has 28 heavy (non-hydrogen) atoms. The van der Waals surface area contributed by atoms with Gasteiger partial charge in [0.25, 0.3) is 5.91 Å². The van der Waals surface area contributed by atoms with Crippen LogP contribution >= 0.6 is 15.9 Å². The molecule has 0 aliphatic carbocycles. The van der Waals surface area contributed by atoms with Crippen molar-refractivity contribution in [3.05, 3.63) is 52.0 Å². The number of rotatable bonds is 6. The maximum Gasteiger partial charge on any atom is 0.254 e. The average Bonchev–Trinajstić information content (AvgIpc) is 2.73. The molecular formula is C21H25BrN2O4. The van der Waals surface area contributed by atoms with E-state index in [0.29, 0.717) is 30.2 Å². The Morgan fingerprint density at radius 1 is 0.929 bits per heavy atom. The van der Waals surface area contributed by atoms with Crippen LogP contribution in [0.3, 0.4) is 0 Å². The molecule has 1 heterocycles. The standard InChI is InChI=1S/C21H25BrN2O4/c1-26-18-11-15(12-19(13-18)27-2)21(25)24-8-6-23(7-9-24)14-16-10-17(22)4-5-20(16)28-3/h4-5,10-13H,6-9,14H2,1-3H3. The lowest BCUT2D eigenvalue weighted by atomic mass is 10.1. The summed E-state index contributed by atoms with van der Waals surface area (Å²) in [5.74, 6) is 2.10. The molecule has 2 aromatic rings. The Bertz CT molecular complexity index is 813. The fraction of sp³-hybridized carbons (Fsp3) is 0.381. The van der Waals surface area contributed by atoms with E-state index in [1.165, 1.54) is 0 Å². The second-order valence-corrected chi connectivity index (χ2v) is 7.54. The van der Waals surface area contributed by atoms with Crippen LogP contribution in [0.5, 0.6) is 17.2 Å². The summed E-state index contributed by atoms with van der Waals surface area (Å²) in [4.78, 5) is 17.1. The summed E-state index contributed by atoms with van der Waals surface area (Å²) in [5.41, 5.74) is 1.72. The van der Waals surface area contributed by atoms with Crippen LogP contribution in [-0.2, 0) is 6.54 Å². The minimum atomic E-state index is -0.00288. The first-order valence-electron chi connectivity index (χ1n) is 9.11. The number of nitrogens with zero attached hydrogens (tertiary/aromatic N) is 2. The van der Waals surface area contributed by atoms with Crippen LogP contribution in [0, 0.1) is 0 Å². The first-order valence-corrected chi connectivity index (χ1v) is 9.90. The van der Waals surface area contributed by atoms with E-state index in [9.17, 15) is 4.79 Å². The number of benzene rings is 2. The highest BCUT2D eigenvalue weighted by atomic mass is 79.9. The molecule has 1 aliphatic heterocycles. The minimum Gasteiger partial charge on any atom is -0.497 e. The normalized spacial score (nSPS) is 14.6. The number of hydrogen-bond donors (Lipinski definition) is 0. The maximum absolute atomic E-state index is 12.9. The number of hydrogen-bond acceptors (Lipinski definition) is 5. The number of ether oxygens (including phenoxy) is 3. The molecule has 0 bridgehead atoms. The van der Waals surface area contributed by atoms with Crippen molar-refractivity contribution < 1.29 is 19.0 Å². The highest BCUT2D eigenvalue weighted by Crippen LogP contribution is 2.26. The molecule has 0 radical (unpaired) electrons. The maximum atomic E-state index is 12.9. The first kappa shape index (κ1) is 20.5. The summed E-state index contributed by atoms with van der Waals surface area (Å²) in [6.07, 6.45) is 0. The third-order valence-electron chi connectivity index (χ3n) is 4.89. The van der Waals surface area contributed by atoms with Gasteiger partial charge in [-0.25, -0.2) is 0 Å². The molecule has 1 fully saturated rings. The summed E-state index contributed by atoms with van der Waals surface area (Å²) in [7, 11) is 4.85. The van der Waals surface area contributed by atoms with Gasteiger partial charge in [-0.3, -0.25) is 9.69 Å². The zero-order valence-corrected chi connectivity index (χ0v) is 18.0. The number of methoxy groups -OCH3 is 3. The molecule has 0 aromatic heterocycles. The molecule has 1 aliphatic rings. The monoisotopic (exact) mass is 448 g/mol. The molecule has 1 amide bonds. The van der Waals surface area contributed by atoms with Gasteiger partial charge in [-0.2, -0.15) is 0 Å². The van der Waals surface area contributed by atoms with Crippen LogP contribution in [0.4, 0.5) is 0 Å². The SMILES string of the molecule is COc1cc(OC)cc(C(=O)N2CCN(Cc3cc(Br)ccc3OC)CC2)c1. The quantitative estimate of drug-likeness (QED) is 0.677. The largest absolute Gasteiger partial charge is 0.497 e. The van der Waals surface area contributed by atoms with Crippen molar-refractivity contribution in [3.8, 4) is 17.2 Å². The summed E-state index contributed by atoms with van der Waals surface area (Å²) in [6.45, 7) is 3.76. The molecule has 150 valence electrons. The molecular weight excluding hydrogens is 424 g/mol. The third kappa shape index (κ3) is 4.77. The molecule has 3 rings (SSSR count). The van der Waals surface area contributed by atoms with Gasteiger partial charge in [0, 0.05) is 54.4 Å². The van der Waals surface area contributed by atoms with Gasteiger partial charge < -0.3 is 19.1 Å². The molecule has 7 heteroatoms. The Labute approximate surface area is 174 Å². The summed E-state index contributed by atoms with van der Waals surface area (Å²) >= 11 is 3.52. The predicted molar refractivity (Wildman–Crippen MR) is 111 cm³/mol. The summed E-state index contributed by atoms with van der Waals surface area (Å²) < 4.78 is 17.0. The van der Waals surface area contributed by atoms with E-state index in [-0.39, 0.29) is 5.91 Å². The Hall–Kier alpha value is -2.25. The molecule has 0 atom stereocenters. The highest BCUT2D eigenvalue weighted by molar-refractivity contribution is 9.10. The van der Waals surface area contributed by atoms with E-state index in [0.717, 1.165) is 35.4 Å². The average molecular weight is 449 g/mol. The topological polar surface area (TPSA) is 51.2 Å². The van der Waals surface area contributed by atoms with Gasteiger partial charge >= 0.3 is 0 Å². The second kappa shape index (κ2) is 9.30. The zero-order valence-electron chi connectivity index (χ0n) is 16.4. The van der Waals surface area contributed by atoms with Gasteiger partial charge in [-0.15, -0.1) is 0 Å². The van der Waals surface area contributed by atoms with E-state index in [1.54, 1.807) is 39.5 Å². The lowest BCUT2D eigenvalue weighted by molar-refractivity contribution is 0.0626. The molecule has 0 saturated carbocycles. The number of piperazine rings is 1. The van der Waals surface area contributed by atoms with Crippen LogP contribution in [-0.4, -0.2) is 63.2 Å². The Balaban J connectivity index is 1.64. The van der Waals surface area contributed by atoms with Gasteiger partial charge in [-0.1, -0.05) is 15.9 Å². The number of carbonyl (C=O) groups excluding carboxylic acids is 1. The van der Waals surface area contributed by atoms with Crippen molar-refractivity contribution in [2.75, 3.05) is 47.5 Å². The number of carbonyl (C=O) groups is 1. The van der Waals surface area contributed by atoms with Gasteiger partial charge in [0.05, 0.1) is 21.3 Å². The Kier molecular flexibility index (Phi) is 6.80. The molecule has 0 N–H and O–H groups in total. The van der Waals surface area contributed by atoms with Crippen molar-refractivity contribution in [2.45, 2.75) is 6.54 Å². The van der Waals surface area contributed by atoms with Gasteiger partial charge in [0.1, 0.15) is 17.2 Å². The van der Waals surface area contributed by atoms with Crippen molar-refractivity contribution in [1.82, 2.24) is 9.80 Å². The van der Waals surface area contributed by atoms with Crippen molar-refractivity contribution in [2.24, 2.45) is 0 Å². The Morgan fingerprint density at radius 3 is 2.14 bits per heavy atom. The van der Waals surface area contributed by atoms with E-state index in [2.05, 4.69) is 26.9 Å². The van der Waals surface area contributed by atoms with Gasteiger partial charge in [0.15, 0.2) is 0 Å². The number of halogens is 1. The van der Waals surface area contributed by atoms with Crippen LogP contribution in [0.15, 0.2) is 40.9 Å². The molecule has 6 nitrogen and oxygen atoms in total. The van der Waals surface area contributed by atoms with Crippen LogP contribution in [0.2, 0.25) is 0 Å². The van der Waals surface area contributed by atoms with E-state index < -0.39 is 0 Å². The molecule has 2 aromatic carbocycles. The third-order valence-corrected chi connectivity index (χ3v) is 5.39. The highest BCUT2D eigenvalue weighted by Gasteiger charge is 2.23. The van der Waals surface area contributed by atoms with Crippen LogP contribution in [0.25, 0.3) is 0 Å².